The van der Waals surface area contributed by atoms with E-state index < -0.39 is 7.14 Å². The molecule has 0 N–H and O–H groups in total. The van der Waals surface area contributed by atoms with Gasteiger partial charge in [0.25, 0.3) is 0 Å². The summed E-state index contributed by atoms with van der Waals surface area (Å²) in [5.41, 5.74) is 0. The van der Waals surface area contributed by atoms with Crippen LogP contribution in [0.2, 0.25) is 0 Å². The van der Waals surface area contributed by atoms with Gasteiger partial charge in [0.05, 0.1) is 0 Å². The zero-order chi connectivity index (χ0) is 12.4. The topological polar surface area (TPSA) is 17.1 Å². The Morgan fingerprint density at radius 3 is 1.83 bits per heavy atom. The van der Waals surface area contributed by atoms with Gasteiger partial charge in [0.2, 0.25) is 0 Å². The minimum Gasteiger partial charge on any atom is -0.309 e. The number of benzene rings is 1. The molecule has 1 nitrogen and oxygen atoms in total. The number of allylic oxidation sites excluding steroid dienone is 8. The molecule has 2 aliphatic carbocycles. The van der Waals surface area contributed by atoms with Crippen LogP contribution in [-0.4, -0.2) is 0 Å². The van der Waals surface area contributed by atoms with Gasteiger partial charge in [-0.2, -0.15) is 0 Å². The Kier molecular flexibility index (Phi) is 2.93. The highest BCUT2D eigenvalue weighted by Gasteiger charge is 2.33. The molecule has 18 heavy (non-hydrogen) atoms. The maximum atomic E-state index is 13.6. The molecular weight excluding hydrogens is 239 g/mol. The lowest BCUT2D eigenvalue weighted by molar-refractivity contribution is 0.588. The summed E-state index contributed by atoms with van der Waals surface area (Å²) in [5.74, 6) is 0. The van der Waals surface area contributed by atoms with Crippen LogP contribution in [0, 0.1) is 0 Å². The molecule has 0 radical (unpaired) electrons. The molecule has 0 aliphatic heterocycles. The van der Waals surface area contributed by atoms with Gasteiger partial charge in [-0.3, -0.25) is 0 Å². The summed E-state index contributed by atoms with van der Waals surface area (Å²) in [5, 5.41) is 3.07. The van der Waals surface area contributed by atoms with E-state index in [1.165, 1.54) is 0 Å². The second-order valence-electron chi connectivity index (χ2n) is 4.53. The molecule has 2 heteroatoms. The quantitative estimate of drug-likeness (QED) is 0.732. The molecule has 0 fully saturated rings. The summed E-state index contributed by atoms with van der Waals surface area (Å²) >= 11 is 0. The fourth-order valence-corrected chi connectivity index (χ4v) is 5.43. The van der Waals surface area contributed by atoms with E-state index in [0.29, 0.717) is 0 Å². The Bertz CT molecular complexity index is 584. The molecule has 0 bridgehead atoms. The van der Waals surface area contributed by atoms with Crippen LogP contribution in [0.4, 0.5) is 0 Å². The van der Waals surface area contributed by atoms with Crippen molar-refractivity contribution in [2.45, 2.75) is 12.8 Å². The van der Waals surface area contributed by atoms with Gasteiger partial charge in [-0.05, 0) is 12.8 Å². The first-order valence-electron chi connectivity index (χ1n) is 6.20. The van der Waals surface area contributed by atoms with Crippen LogP contribution >= 0.6 is 7.14 Å². The summed E-state index contributed by atoms with van der Waals surface area (Å²) in [7, 11) is -2.57. The van der Waals surface area contributed by atoms with Crippen molar-refractivity contribution in [2.24, 2.45) is 0 Å². The summed E-state index contributed by atoms with van der Waals surface area (Å²) in [6, 6.07) is 9.87. The van der Waals surface area contributed by atoms with Crippen LogP contribution in [0.1, 0.15) is 12.8 Å². The van der Waals surface area contributed by atoms with Gasteiger partial charge in [0.15, 0.2) is 7.14 Å². The third-order valence-electron chi connectivity index (χ3n) is 3.43. The second-order valence-corrected chi connectivity index (χ2v) is 7.41. The molecule has 0 spiro atoms. The molecule has 1 aromatic rings. The van der Waals surface area contributed by atoms with Gasteiger partial charge in [0.1, 0.15) is 0 Å². The van der Waals surface area contributed by atoms with Crippen molar-refractivity contribution in [3.05, 3.63) is 77.4 Å². The third-order valence-corrected chi connectivity index (χ3v) is 6.74. The zero-order valence-electron chi connectivity index (χ0n) is 10.1. The fourth-order valence-electron chi connectivity index (χ4n) is 2.49. The molecule has 0 aromatic heterocycles. The molecule has 0 atom stereocenters. The smallest absolute Gasteiger partial charge is 0.163 e. The highest BCUT2D eigenvalue weighted by atomic mass is 31.2. The lowest BCUT2D eigenvalue weighted by atomic mass is 10.4. The van der Waals surface area contributed by atoms with Gasteiger partial charge in [-0.1, -0.05) is 66.8 Å². The minimum absolute atomic E-state index is 0.809. The van der Waals surface area contributed by atoms with E-state index in [1.54, 1.807) is 0 Å². The van der Waals surface area contributed by atoms with Gasteiger partial charge in [-0.15, -0.1) is 0 Å². The Labute approximate surface area is 108 Å². The van der Waals surface area contributed by atoms with Crippen LogP contribution in [0.25, 0.3) is 0 Å². The number of rotatable bonds is 3. The van der Waals surface area contributed by atoms with Crippen LogP contribution in [0.3, 0.4) is 0 Å². The fraction of sp³-hybridized carbons (Fsp3) is 0.125. The van der Waals surface area contributed by atoms with Crippen LogP contribution in [-0.2, 0) is 4.57 Å². The Balaban J connectivity index is 2.12. The molecule has 0 amide bonds. The van der Waals surface area contributed by atoms with E-state index in [1.807, 2.05) is 54.6 Å². The predicted octanol–water partition coefficient (Wildman–Crippen LogP) is 4.36. The summed E-state index contributed by atoms with van der Waals surface area (Å²) < 4.78 is 13.6. The first kappa shape index (κ1) is 11.5. The van der Waals surface area contributed by atoms with Crippen LogP contribution in [0.15, 0.2) is 77.4 Å². The Morgan fingerprint density at radius 1 is 0.833 bits per heavy atom. The van der Waals surface area contributed by atoms with Crippen molar-refractivity contribution >= 4 is 12.4 Å². The van der Waals surface area contributed by atoms with E-state index in [-0.39, 0.29) is 0 Å². The first-order valence-corrected chi connectivity index (χ1v) is 7.91. The lowest BCUT2D eigenvalue weighted by Crippen LogP contribution is -2.07. The maximum Gasteiger partial charge on any atom is 0.163 e. The van der Waals surface area contributed by atoms with E-state index in [9.17, 15) is 4.57 Å². The van der Waals surface area contributed by atoms with Gasteiger partial charge in [0, 0.05) is 15.9 Å². The molecule has 0 heterocycles. The normalized spacial score (nSPS) is 18.0. The van der Waals surface area contributed by atoms with Crippen LogP contribution in [0.5, 0.6) is 0 Å². The molecule has 0 saturated carbocycles. The SMILES string of the molecule is O=P(C1=CC=CC1)(C1=CC=CC1)c1ccccc1. The highest BCUT2D eigenvalue weighted by molar-refractivity contribution is 7.79. The second kappa shape index (κ2) is 4.59. The zero-order valence-corrected chi connectivity index (χ0v) is 11.0. The van der Waals surface area contributed by atoms with E-state index in [0.717, 1.165) is 28.8 Å². The molecule has 0 saturated heterocycles. The van der Waals surface area contributed by atoms with E-state index in [2.05, 4.69) is 12.2 Å². The third kappa shape index (κ3) is 1.76. The highest BCUT2D eigenvalue weighted by Crippen LogP contribution is 2.63. The van der Waals surface area contributed by atoms with Crippen LogP contribution < -0.4 is 5.30 Å². The Hall–Kier alpha value is -1.59. The van der Waals surface area contributed by atoms with Gasteiger partial charge in [-0.25, -0.2) is 0 Å². The number of hydrogen-bond acceptors (Lipinski definition) is 1. The summed E-state index contributed by atoms with van der Waals surface area (Å²) in [4.78, 5) is 0. The predicted molar refractivity (Wildman–Crippen MR) is 77.4 cm³/mol. The maximum absolute atomic E-state index is 13.6. The standard InChI is InChI=1S/C16H15OP/c17-18(15-10-4-5-11-15,16-12-6-7-13-16)14-8-2-1-3-9-14/h1-10,12H,11,13H2. The molecule has 3 rings (SSSR count). The monoisotopic (exact) mass is 254 g/mol. The average Bonchev–Trinajstić information content (AvgIpc) is 3.12. The van der Waals surface area contributed by atoms with E-state index >= 15 is 0 Å². The average molecular weight is 254 g/mol. The van der Waals surface area contributed by atoms with Gasteiger partial charge >= 0.3 is 0 Å². The molecule has 90 valence electrons. The first-order chi connectivity index (χ1) is 8.82. The molecule has 1 aromatic carbocycles. The van der Waals surface area contributed by atoms with Crippen molar-refractivity contribution < 1.29 is 4.57 Å². The number of hydrogen-bond donors (Lipinski definition) is 0. The van der Waals surface area contributed by atoms with Crippen molar-refractivity contribution in [2.75, 3.05) is 0 Å². The van der Waals surface area contributed by atoms with Crippen molar-refractivity contribution in [3.8, 4) is 0 Å². The molecule has 0 unspecified atom stereocenters. The summed E-state index contributed by atoms with van der Waals surface area (Å²) in [6.45, 7) is 0. The van der Waals surface area contributed by atoms with Crippen molar-refractivity contribution in [1.29, 1.82) is 0 Å². The summed E-state index contributed by atoms with van der Waals surface area (Å²) in [6.07, 6.45) is 13.8. The largest absolute Gasteiger partial charge is 0.309 e. The van der Waals surface area contributed by atoms with Gasteiger partial charge < -0.3 is 4.57 Å². The van der Waals surface area contributed by atoms with Crippen molar-refractivity contribution in [3.63, 3.8) is 0 Å². The minimum atomic E-state index is -2.57. The van der Waals surface area contributed by atoms with Crippen molar-refractivity contribution in [1.82, 2.24) is 0 Å². The molecule has 2 aliphatic rings. The Morgan fingerprint density at radius 2 is 1.39 bits per heavy atom. The molecular formula is C16H15OP. The van der Waals surface area contributed by atoms with E-state index in [4.69, 9.17) is 0 Å². The lowest BCUT2D eigenvalue weighted by Gasteiger charge is -2.21.